The first kappa shape index (κ1) is 16.0. The lowest BCUT2D eigenvalue weighted by atomic mass is 10.1. The van der Waals surface area contributed by atoms with Crippen LogP contribution in [-0.2, 0) is 0 Å². The van der Waals surface area contributed by atoms with E-state index >= 15 is 0 Å². The second kappa shape index (κ2) is 7.16. The molecule has 0 atom stereocenters. The average molecular weight is 328 g/mol. The zero-order valence-electron chi connectivity index (χ0n) is 13.8. The molecule has 1 saturated heterocycles. The zero-order valence-corrected chi connectivity index (χ0v) is 13.8. The van der Waals surface area contributed by atoms with Crippen molar-refractivity contribution in [2.24, 2.45) is 0 Å². The van der Waals surface area contributed by atoms with Crippen LogP contribution in [0.1, 0.15) is 23.2 Å². The number of hydrogen-bond donors (Lipinski definition) is 1. The van der Waals surface area contributed by atoms with Crippen LogP contribution in [0.3, 0.4) is 0 Å². The summed E-state index contributed by atoms with van der Waals surface area (Å²) in [5.74, 6) is 1.30. The summed E-state index contributed by atoms with van der Waals surface area (Å²) in [7, 11) is 3.03. The summed E-state index contributed by atoms with van der Waals surface area (Å²) in [6.45, 7) is 1.96. The predicted octanol–water partition coefficient (Wildman–Crippen LogP) is 2.35. The van der Waals surface area contributed by atoms with Crippen molar-refractivity contribution in [2.75, 3.05) is 37.5 Å². The zero-order chi connectivity index (χ0) is 16.9. The van der Waals surface area contributed by atoms with Crippen LogP contribution in [0.15, 0.2) is 30.6 Å². The van der Waals surface area contributed by atoms with Crippen LogP contribution >= 0.6 is 0 Å². The van der Waals surface area contributed by atoms with Gasteiger partial charge in [-0.05, 0) is 25.0 Å². The van der Waals surface area contributed by atoms with Crippen LogP contribution in [0.25, 0.3) is 0 Å². The molecule has 0 radical (unpaired) electrons. The Labute approximate surface area is 140 Å². The molecule has 0 unspecified atom stereocenters. The number of carbonyl (C=O) groups is 1. The van der Waals surface area contributed by atoms with E-state index in [2.05, 4.69) is 20.2 Å². The number of nitrogens with zero attached hydrogens (tertiary/aromatic N) is 3. The maximum Gasteiger partial charge on any atom is 0.259 e. The monoisotopic (exact) mass is 328 g/mol. The van der Waals surface area contributed by atoms with E-state index in [1.807, 2.05) is 0 Å². The Morgan fingerprint density at radius 1 is 1.12 bits per heavy atom. The topological polar surface area (TPSA) is 76.6 Å². The molecule has 7 nitrogen and oxygen atoms in total. The van der Waals surface area contributed by atoms with Gasteiger partial charge in [-0.25, -0.2) is 9.97 Å². The maximum absolute atomic E-state index is 12.5. The summed E-state index contributed by atoms with van der Waals surface area (Å²) in [5.41, 5.74) is 0.924. The molecule has 24 heavy (non-hydrogen) atoms. The molecule has 0 spiro atoms. The standard InChI is InChI=1S/C17H20N4O3/c1-23-14-7-5-6-13(15(14)24-2)16(22)20-12-10-18-17(19-11-12)21-8-3-4-9-21/h5-7,10-11H,3-4,8-9H2,1-2H3,(H,20,22). The van der Waals surface area contributed by atoms with Gasteiger partial charge in [-0.2, -0.15) is 0 Å². The van der Waals surface area contributed by atoms with Crippen molar-refractivity contribution in [1.29, 1.82) is 0 Å². The summed E-state index contributed by atoms with van der Waals surface area (Å²) in [6.07, 6.45) is 5.56. The smallest absolute Gasteiger partial charge is 0.259 e. The normalized spacial score (nSPS) is 13.7. The number of ether oxygens (including phenoxy) is 2. The van der Waals surface area contributed by atoms with Crippen LogP contribution in [0.2, 0.25) is 0 Å². The first-order valence-corrected chi connectivity index (χ1v) is 7.82. The van der Waals surface area contributed by atoms with Gasteiger partial charge < -0.3 is 19.7 Å². The number of anilines is 2. The van der Waals surface area contributed by atoms with E-state index in [0.29, 0.717) is 28.7 Å². The number of benzene rings is 1. The predicted molar refractivity (Wildman–Crippen MR) is 91.0 cm³/mol. The van der Waals surface area contributed by atoms with Gasteiger partial charge in [0.1, 0.15) is 0 Å². The van der Waals surface area contributed by atoms with Gasteiger partial charge in [0.05, 0.1) is 37.9 Å². The summed E-state index contributed by atoms with van der Waals surface area (Å²) >= 11 is 0. The lowest BCUT2D eigenvalue weighted by Gasteiger charge is -2.15. The Balaban J connectivity index is 1.75. The summed E-state index contributed by atoms with van der Waals surface area (Å²) in [6, 6.07) is 5.16. The van der Waals surface area contributed by atoms with E-state index < -0.39 is 0 Å². The molecule has 1 aromatic carbocycles. The van der Waals surface area contributed by atoms with Crippen molar-refractivity contribution in [1.82, 2.24) is 9.97 Å². The maximum atomic E-state index is 12.5. The minimum absolute atomic E-state index is 0.303. The van der Waals surface area contributed by atoms with Crippen LogP contribution in [0.4, 0.5) is 11.6 Å². The average Bonchev–Trinajstić information content (AvgIpc) is 3.16. The second-order valence-electron chi connectivity index (χ2n) is 5.46. The Hall–Kier alpha value is -2.83. The number of nitrogens with one attached hydrogen (secondary N) is 1. The molecule has 0 bridgehead atoms. The van der Waals surface area contributed by atoms with E-state index in [0.717, 1.165) is 25.9 Å². The Bertz CT molecular complexity index is 712. The van der Waals surface area contributed by atoms with E-state index in [4.69, 9.17) is 9.47 Å². The highest BCUT2D eigenvalue weighted by Crippen LogP contribution is 2.31. The van der Waals surface area contributed by atoms with Gasteiger partial charge >= 0.3 is 0 Å². The van der Waals surface area contributed by atoms with Gasteiger partial charge in [0.25, 0.3) is 5.91 Å². The van der Waals surface area contributed by atoms with Crippen molar-refractivity contribution in [3.05, 3.63) is 36.2 Å². The third kappa shape index (κ3) is 3.24. The molecule has 1 N–H and O–H groups in total. The molecule has 0 saturated carbocycles. The third-order valence-electron chi connectivity index (χ3n) is 3.93. The highest BCUT2D eigenvalue weighted by atomic mass is 16.5. The Morgan fingerprint density at radius 3 is 2.46 bits per heavy atom. The number of para-hydroxylation sites is 1. The third-order valence-corrected chi connectivity index (χ3v) is 3.93. The van der Waals surface area contributed by atoms with Gasteiger partial charge in [0.15, 0.2) is 11.5 Å². The van der Waals surface area contributed by atoms with Crippen molar-refractivity contribution in [3.8, 4) is 11.5 Å². The lowest BCUT2D eigenvalue weighted by Crippen LogP contribution is -2.20. The second-order valence-corrected chi connectivity index (χ2v) is 5.46. The molecule has 1 aromatic heterocycles. The number of aromatic nitrogens is 2. The van der Waals surface area contributed by atoms with Crippen molar-refractivity contribution in [3.63, 3.8) is 0 Å². The van der Waals surface area contributed by atoms with Crippen molar-refractivity contribution in [2.45, 2.75) is 12.8 Å². The van der Waals surface area contributed by atoms with Crippen LogP contribution in [-0.4, -0.2) is 43.2 Å². The first-order chi connectivity index (χ1) is 11.7. The molecule has 2 heterocycles. The van der Waals surface area contributed by atoms with E-state index in [1.54, 1.807) is 30.6 Å². The summed E-state index contributed by atoms with van der Waals surface area (Å²) in [4.78, 5) is 23.3. The molecular formula is C17H20N4O3. The SMILES string of the molecule is COc1cccc(C(=O)Nc2cnc(N3CCCC3)nc2)c1OC. The van der Waals surface area contributed by atoms with Crippen molar-refractivity contribution < 1.29 is 14.3 Å². The van der Waals surface area contributed by atoms with Gasteiger partial charge in [-0.15, -0.1) is 0 Å². The summed E-state index contributed by atoms with van der Waals surface area (Å²) < 4.78 is 10.5. The van der Waals surface area contributed by atoms with Gasteiger partial charge in [-0.1, -0.05) is 6.07 Å². The fourth-order valence-electron chi connectivity index (χ4n) is 2.73. The molecule has 0 aliphatic carbocycles. The lowest BCUT2D eigenvalue weighted by molar-refractivity contribution is 0.102. The molecule has 1 fully saturated rings. The first-order valence-electron chi connectivity index (χ1n) is 7.82. The fourth-order valence-corrected chi connectivity index (χ4v) is 2.73. The van der Waals surface area contributed by atoms with Gasteiger partial charge in [0.2, 0.25) is 5.95 Å². The highest BCUT2D eigenvalue weighted by Gasteiger charge is 2.18. The number of methoxy groups -OCH3 is 2. The van der Waals surface area contributed by atoms with E-state index in [9.17, 15) is 4.79 Å². The Kier molecular flexibility index (Phi) is 4.79. The minimum Gasteiger partial charge on any atom is -0.493 e. The highest BCUT2D eigenvalue weighted by molar-refractivity contribution is 6.06. The molecular weight excluding hydrogens is 308 g/mol. The van der Waals surface area contributed by atoms with Crippen LogP contribution < -0.4 is 19.7 Å². The molecule has 1 aliphatic heterocycles. The molecule has 126 valence electrons. The molecule has 2 aromatic rings. The number of hydrogen-bond acceptors (Lipinski definition) is 6. The molecule has 3 rings (SSSR count). The van der Waals surface area contributed by atoms with Gasteiger partial charge in [-0.3, -0.25) is 4.79 Å². The van der Waals surface area contributed by atoms with Crippen molar-refractivity contribution >= 4 is 17.5 Å². The van der Waals surface area contributed by atoms with Gasteiger partial charge in [0, 0.05) is 13.1 Å². The van der Waals surface area contributed by atoms with Crippen LogP contribution in [0, 0.1) is 0 Å². The molecule has 1 amide bonds. The van der Waals surface area contributed by atoms with E-state index in [-0.39, 0.29) is 5.91 Å². The molecule has 1 aliphatic rings. The number of amides is 1. The number of carbonyl (C=O) groups excluding carboxylic acids is 1. The number of rotatable bonds is 5. The fraction of sp³-hybridized carbons (Fsp3) is 0.353. The minimum atomic E-state index is -0.303. The quantitative estimate of drug-likeness (QED) is 0.908. The van der Waals surface area contributed by atoms with E-state index in [1.165, 1.54) is 14.2 Å². The largest absolute Gasteiger partial charge is 0.493 e. The van der Waals surface area contributed by atoms with Crippen LogP contribution in [0.5, 0.6) is 11.5 Å². The summed E-state index contributed by atoms with van der Waals surface area (Å²) in [5, 5.41) is 2.78. The molecule has 7 heteroatoms. The Morgan fingerprint density at radius 2 is 1.83 bits per heavy atom.